The molecule has 0 unspecified atom stereocenters. The van der Waals surface area contributed by atoms with Gasteiger partial charge in [-0.2, -0.15) is 0 Å². The lowest BCUT2D eigenvalue weighted by atomic mass is 10.3. The molecule has 0 radical (unpaired) electrons. The smallest absolute Gasteiger partial charge is 0.320 e. The molecule has 1 rings (SSSR count). The lowest BCUT2D eigenvalue weighted by molar-refractivity contribution is 0.245. The van der Waals surface area contributed by atoms with Crippen LogP contribution in [0.4, 0.5) is 4.79 Å². The van der Waals surface area contributed by atoms with Crippen LogP contribution < -0.4 is 10.6 Å². The molecular weight excluding hydrogens is 186 g/mol. The molecule has 0 fully saturated rings. The number of nitrogens with zero attached hydrogens (tertiary/aromatic N) is 1. The van der Waals surface area contributed by atoms with Gasteiger partial charge in [-0.05, 0) is 6.42 Å². The van der Waals surface area contributed by atoms with Crippen molar-refractivity contribution < 1.29 is 4.79 Å². The Hall–Kier alpha value is -0.710. The van der Waals surface area contributed by atoms with Gasteiger partial charge in [0.1, 0.15) is 0 Å². The van der Waals surface area contributed by atoms with Crippen LogP contribution in [0.2, 0.25) is 0 Å². The largest absolute Gasteiger partial charge is 0.338 e. The summed E-state index contributed by atoms with van der Waals surface area (Å²) in [5, 5.41) is 6.21. The number of aliphatic imine (C=N–C) groups is 1. The van der Waals surface area contributed by atoms with Crippen molar-refractivity contribution in [2.45, 2.75) is 19.8 Å². The van der Waals surface area contributed by atoms with E-state index >= 15 is 0 Å². The molecule has 74 valence electrons. The highest BCUT2D eigenvalue weighted by Gasteiger charge is 2.09. The first-order valence-electron chi connectivity index (χ1n) is 4.55. The van der Waals surface area contributed by atoms with Crippen molar-refractivity contribution in [1.29, 1.82) is 0 Å². The van der Waals surface area contributed by atoms with Crippen LogP contribution in [0.5, 0.6) is 0 Å². The van der Waals surface area contributed by atoms with Crippen molar-refractivity contribution in [3.63, 3.8) is 0 Å². The molecule has 0 aromatic rings. The highest BCUT2D eigenvalue weighted by Crippen LogP contribution is 2.08. The fraction of sp³-hybridized carbons (Fsp3) is 0.750. The number of urea groups is 1. The second-order valence-corrected chi connectivity index (χ2v) is 3.85. The molecule has 0 aliphatic carbocycles. The summed E-state index contributed by atoms with van der Waals surface area (Å²) in [6.45, 7) is 3.64. The van der Waals surface area contributed by atoms with E-state index in [1.807, 2.05) is 0 Å². The molecule has 1 heterocycles. The number of hydrogen-bond donors (Lipinski definition) is 2. The molecule has 0 aromatic heterocycles. The van der Waals surface area contributed by atoms with Gasteiger partial charge in [0.15, 0.2) is 5.17 Å². The monoisotopic (exact) mass is 201 g/mol. The first-order chi connectivity index (χ1) is 6.33. The van der Waals surface area contributed by atoms with Gasteiger partial charge in [-0.1, -0.05) is 25.1 Å². The van der Waals surface area contributed by atoms with Crippen LogP contribution in [0.25, 0.3) is 0 Å². The molecule has 2 amide bonds. The maximum Gasteiger partial charge on any atom is 0.320 e. The van der Waals surface area contributed by atoms with Gasteiger partial charge in [0.25, 0.3) is 0 Å². The standard InChI is InChI=1S/C8H15N3OS/c1-2-3-4-9-7(12)11-8-10-5-6-13-8/h2-6H2,1H3,(H2,9,10,11,12). The Morgan fingerprint density at radius 3 is 3.15 bits per heavy atom. The highest BCUT2D eigenvalue weighted by molar-refractivity contribution is 8.14. The average molecular weight is 201 g/mol. The van der Waals surface area contributed by atoms with Gasteiger partial charge < -0.3 is 5.32 Å². The van der Waals surface area contributed by atoms with Gasteiger partial charge in [0, 0.05) is 12.3 Å². The third-order valence-corrected chi connectivity index (χ3v) is 2.51. The maximum absolute atomic E-state index is 11.2. The first-order valence-corrected chi connectivity index (χ1v) is 5.53. The summed E-state index contributed by atoms with van der Waals surface area (Å²) in [5.41, 5.74) is 0. The van der Waals surface area contributed by atoms with Crippen LogP contribution in [0, 0.1) is 0 Å². The summed E-state index contributed by atoms with van der Waals surface area (Å²) < 4.78 is 0. The minimum atomic E-state index is -0.137. The number of amides is 2. The number of hydrogen-bond acceptors (Lipinski definition) is 3. The lowest BCUT2D eigenvalue weighted by Crippen LogP contribution is -2.38. The number of rotatable bonds is 3. The molecule has 0 saturated heterocycles. The van der Waals surface area contributed by atoms with E-state index in [-0.39, 0.29) is 6.03 Å². The molecule has 13 heavy (non-hydrogen) atoms. The minimum Gasteiger partial charge on any atom is -0.338 e. The van der Waals surface area contributed by atoms with Crippen molar-refractivity contribution in [2.24, 2.45) is 4.99 Å². The van der Waals surface area contributed by atoms with Crippen LogP contribution in [0.3, 0.4) is 0 Å². The fourth-order valence-corrected chi connectivity index (χ4v) is 1.65. The van der Waals surface area contributed by atoms with Crippen LogP contribution in [0.15, 0.2) is 4.99 Å². The zero-order chi connectivity index (χ0) is 9.52. The van der Waals surface area contributed by atoms with Gasteiger partial charge in [0.2, 0.25) is 0 Å². The molecule has 0 bridgehead atoms. The Labute approximate surface area is 82.6 Å². The third kappa shape index (κ3) is 4.17. The molecule has 0 spiro atoms. The molecule has 0 atom stereocenters. The number of carbonyl (C=O) groups is 1. The van der Waals surface area contributed by atoms with Gasteiger partial charge in [0.05, 0.1) is 6.54 Å². The van der Waals surface area contributed by atoms with E-state index in [4.69, 9.17) is 0 Å². The van der Waals surface area contributed by atoms with Crippen LogP contribution in [-0.2, 0) is 0 Å². The van der Waals surface area contributed by atoms with Gasteiger partial charge in [-0.3, -0.25) is 10.3 Å². The highest BCUT2D eigenvalue weighted by atomic mass is 32.2. The van der Waals surface area contributed by atoms with Crippen molar-refractivity contribution in [1.82, 2.24) is 10.6 Å². The summed E-state index contributed by atoms with van der Waals surface area (Å²) in [5.74, 6) is 0.977. The third-order valence-electron chi connectivity index (χ3n) is 1.62. The number of carbonyl (C=O) groups excluding carboxylic acids is 1. The average Bonchev–Trinajstić information content (AvgIpc) is 2.57. The normalized spacial score (nSPS) is 15.3. The van der Waals surface area contributed by atoms with E-state index in [1.165, 1.54) is 0 Å². The summed E-state index contributed by atoms with van der Waals surface area (Å²) in [6, 6.07) is -0.137. The molecule has 0 saturated carbocycles. The molecule has 1 aliphatic rings. The van der Waals surface area contributed by atoms with Crippen molar-refractivity contribution in [3.8, 4) is 0 Å². The number of amidine groups is 1. The number of thioether (sulfide) groups is 1. The van der Waals surface area contributed by atoms with Crippen molar-refractivity contribution in [3.05, 3.63) is 0 Å². The summed E-state index contributed by atoms with van der Waals surface area (Å²) >= 11 is 1.59. The Bertz CT molecular complexity index is 206. The van der Waals surface area contributed by atoms with Crippen LogP contribution >= 0.6 is 11.8 Å². The van der Waals surface area contributed by atoms with E-state index < -0.39 is 0 Å². The Morgan fingerprint density at radius 2 is 2.54 bits per heavy atom. The molecule has 5 heteroatoms. The predicted molar refractivity (Wildman–Crippen MR) is 56.2 cm³/mol. The summed E-state index contributed by atoms with van der Waals surface area (Å²) in [4.78, 5) is 15.3. The number of unbranched alkanes of at least 4 members (excludes halogenated alkanes) is 1. The number of nitrogens with one attached hydrogen (secondary N) is 2. The molecular formula is C8H15N3OS. The lowest BCUT2D eigenvalue weighted by Gasteiger charge is -2.05. The van der Waals surface area contributed by atoms with Gasteiger partial charge >= 0.3 is 6.03 Å². The zero-order valence-electron chi connectivity index (χ0n) is 7.80. The molecule has 0 aromatic carbocycles. The molecule has 4 nitrogen and oxygen atoms in total. The summed E-state index contributed by atoms with van der Waals surface area (Å²) in [7, 11) is 0. The van der Waals surface area contributed by atoms with E-state index in [2.05, 4.69) is 22.5 Å². The Balaban J connectivity index is 2.10. The minimum absolute atomic E-state index is 0.137. The SMILES string of the molecule is CCCCNC(=O)NC1=NCCS1. The zero-order valence-corrected chi connectivity index (χ0v) is 8.62. The second kappa shape index (κ2) is 5.85. The van der Waals surface area contributed by atoms with E-state index in [9.17, 15) is 4.79 Å². The van der Waals surface area contributed by atoms with Gasteiger partial charge in [-0.15, -0.1) is 0 Å². The Morgan fingerprint density at radius 1 is 1.69 bits per heavy atom. The van der Waals surface area contributed by atoms with Crippen LogP contribution in [0.1, 0.15) is 19.8 Å². The van der Waals surface area contributed by atoms with Crippen LogP contribution in [-0.4, -0.2) is 30.0 Å². The second-order valence-electron chi connectivity index (χ2n) is 2.77. The topological polar surface area (TPSA) is 53.5 Å². The van der Waals surface area contributed by atoms with Crippen molar-refractivity contribution in [2.75, 3.05) is 18.8 Å². The quantitative estimate of drug-likeness (QED) is 0.674. The van der Waals surface area contributed by atoms with E-state index in [1.54, 1.807) is 11.8 Å². The fourth-order valence-electron chi connectivity index (χ4n) is 0.931. The van der Waals surface area contributed by atoms with Gasteiger partial charge in [-0.25, -0.2) is 4.79 Å². The summed E-state index contributed by atoms with van der Waals surface area (Å²) in [6.07, 6.45) is 2.11. The van der Waals surface area contributed by atoms with Crippen molar-refractivity contribution >= 4 is 23.0 Å². The molecule has 2 N–H and O–H groups in total. The Kier molecular flexibility index (Phi) is 4.67. The predicted octanol–water partition coefficient (Wildman–Crippen LogP) is 1.19. The van der Waals surface area contributed by atoms with E-state index in [0.717, 1.165) is 36.9 Å². The maximum atomic E-state index is 11.2. The first kappa shape index (κ1) is 10.4. The van der Waals surface area contributed by atoms with E-state index in [0.29, 0.717) is 0 Å². The molecule has 1 aliphatic heterocycles.